The Bertz CT molecular complexity index is 484. The molecule has 0 unspecified atom stereocenters. The number of aromatic nitrogens is 1. The quantitative estimate of drug-likeness (QED) is 0.800. The van der Waals surface area contributed by atoms with Crippen molar-refractivity contribution >= 4 is 0 Å². The van der Waals surface area contributed by atoms with Crippen LogP contribution in [0.1, 0.15) is 19.4 Å². The molecule has 0 spiro atoms. The summed E-state index contributed by atoms with van der Waals surface area (Å²) in [5.74, 6) is 0.744. The van der Waals surface area contributed by atoms with E-state index < -0.39 is 6.61 Å². The zero-order valence-electron chi connectivity index (χ0n) is 11.5. The normalized spacial score (nSPS) is 11.1. The zero-order chi connectivity index (χ0) is 14.5. The van der Waals surface area contributed by atoms with Crippen LogP contribution >= 0.6 is 0 Å². The lowest BCUT2D eigenvalue weighted by Crippen LogP contribution is -2.01. The highest BCUT2D eigenvalue weighted by Gasteiger charge is 2.05. The van der Waals surface area contributed by atoms with Crippen LogP contribution in [0, 0.1) is 5.92 Å². The summed E-state index contributed by atoms with van der Waals surface area (Å²) in [5, 5.41) is 0. The fourth-order valence-corrected chi connectivity index (χ4v) is 1.99. The number of nitrogens with zero attached hydrogens (tertiary/aromatic N) is 1. The van der Waals surface area contributed by atoms with Gasteiger partial charge in [0.15, 0.2) is 0 Å². The lowest BCUT2D eigenvalue weighted by molar-refractivity contribution is -0.0498. The first-order valence-electron chi connectivity index (χ1n) is 6.55. The predicted octanol–water partition coefficient (Wildman–Crippen LogP) is 4.55. The molecule has 0 aliphatic heterocycles. The number of hydrogen-bond acceptors (Lipinski definition) is 2. The number of ether oxygens (including phenoxy) is 1. The molecule has 0 saturated carbocycles. The predicted molar refractivity (Wildman–Crippen MR) is 74.8 cm³/mol. The highest BCUT2D eigenvalue weighted by atomic mass is 19.3. The maximum absolute atomic E-state index is 12.1. The topological polar surface area (TPSA) is 22.1 Å². The Balaban J connectivity index is 2.11. The highest BCUT2D eigenvalue weighted by molar-refractivity contribution is 5.60. The monoisotopic (exact) mass is 277 g/mol. The molecule has 106 valence electrons. The molecule has 0 N–H and O–H groups in total. The second-order valence-electron chi connectivity index (χ2n) is 5.05. The van der Waals surface area contributed by atoms with Crippen LogP contribution < -0.4 is 4.74 Å². The summed E-state index contributed by atoms with van der Waals surface area (Å²) in [6.45, 7) is 1.53. The summed E-state index contributed by atoms with van der Waals surface area (Å²) in [6, 6.07) is 10.5. The summed E-state index contributed by atoms with van der Waals surface area (Å²) in [4.78, 5) is 4.40. The second kappa shape index (κ2) is 6.46. The summed E-state index contributed by atoms with van der Waals surface area (Å²) >= 11 is 0. The van der Waals surface area contributed by atoms with Crippen molar-refractivity contribution in [2.75, 3.05) is 0 Å². The number of pyridine rings is 1. The first-order chi connectivity index (χ1) is 9.54. The largest absolute Gasteiger partial charge is 0.435 e. The van der Waals surface area contributed by atoms with Gasteiger partial charge in [-0.3, -0.25) is 4.98 Å². The number of alkyl halides is 2. The first kappa shape index (κ1) is 14.4. The molecule has 2 rings (SSSR count). The van der Waals surface area contributed by atoms with Crippen molar-refractivity contribution in [2.45, 2.75) is 26.9 Å². The van der Waals surface area contributed by atoms with E-state index in [1.807, 2.05) is 18.3 Å². The van der Waals surface area contributed by atoms with Crippen molar-refractivity contribution in [1.29, 1.82) is 0 Å². The molecule has 20 heavy (non-hydrogen) atoms. The Morgan fingerprint density at radius 2 is 1.75 bits per heavy atom. The van der Waals surface area contributed by atoms with Crippen molar-refractivity contribution in [3.8, 4) is 17.0 Å². The SMILES string of the molecule is CC(C)Cc1ccc(-c2ccc(OC(F)F)cc2)nc1. The van der Waals surface area contributed by atoms with E-state index in [-0.39, 0.29) is 5.75 Å². The smallest absolute Gasteiger partial charge is 0.387 e. The maximum Gasteiger partial charge on any atom is 0.387 e. The van der Waals surface area contributed by atoms with Crippen LogP contribution in [0.5, 0.6) is 5.75 Å². The number of halogens is 2. The molecule has 0 aliphatic carbocycles. The van der Waals surface area contributed by atoms with E-state index in [0.29, 0.717) is 5.92 Å². The lowest BCUT2D eigenvalue weighted by atomic mass is 10.0. The Hall–Kier alpha value is -1.97. The van der Waals surface area contributed by atoms with Crippen LogP contribution in [0.4, 0.5) is 8.78 Å². The fourth-order valence-electron chi connectivity index (χ4n) is 1.99. The third kappa shape index (κ3) is 4.02. The van der Waals surface area contributed by atoms with Gasteiger partial charge in [-0.25, -0.2) is 0 Å². The molecule has 0 aliphatic rings. The minimum atomic E-state index is -2.80. The third-order valence-electron chi connectivity index (χ3n) is 2.84. The van der Waals surface area contributed by atoms with Gasteiger partial charge in [-0.2, -0.15) is 8.78 Å². The highest BCUT2D eigenvalue weighted by Crippen LogP contribution is 2.22. The van der Waals surface area contributed by atoms with E-state index in [1.54, 1.807) is 12.1 Å². The van der Waals surface area contributed by atoms with Gasteiger partial charge in [0.25, 0.3) is 0 Å². The summed E-state index contributed by atoms with van der Waals surface area (Å²) in [6.07, 6.45) is 2.85. The van der Waals surface area contributed by atoms with Gasteiger partial charge in [0.1, 0.15) is 5.75 Å². The molecule has 1 aromatic heterocycles. The van der Waals surface area contributed by atoms with E-state index in [0.717, 1.165) is 17.7 Å². The molecular weight excluding hydrogens is 260 g/mol. The van der Waals surface area contributed by atoms with Gasteiger partial charge in [0.2, 0.25) is 0 Å². The van der Waals surface area contributed by atoms with Crippen LogP contribution in [-0.4, -0.2) is 11.6 Å². The molecule has 0 amide bonds. The van der Waals surface area contributed by atoms with Crippen LogP contribution in [0.2, 0.25) is 0 Å². The van der Waals surface area contributed by atoms with Gasteiger partial charge in [-0.1, -0.05) is 19.9 Å². The fraction of sp³-hybridized carbons (Fsp3) is 0.312. The van der Waals surface area contributed by atoms with E-state index >= 15 is 0 Å². The molecule has 2 aromatic rings. The van der Waals surface area contributed by atoms with Crippen LogP contribution in [-0.2, 0) is 6.42 Å². The summed E-state index contributed by atoms with van der Waals surface area (Å²) in [5.41, 5.74) is 2.89. The Kier molecular flexibility index (Phi) is 4.66. The molecule has 0 bridgehead atoms. The first-order valence-corrected chi connectivity index (χ1v) is 6.55. The standard InChI is InChI=1S/C16H17F2NO/c1-11(2)9-12-3-8-15(19-10-12)13-4-6-14(7-5-13)20-16(17)18/h3-8,10-11,16H,9H2,1-2H3. The van der Waals surface area contributed by atoms with Gasteiger partial charge < -0.3 is 4.74 Å². The van der Waals surface area contributed by atoms with Gasteiger partial charge in [-0.05, 0) is 48.2 Å². The molecule has 1 heterocycles. The van der Waals surface area contributed by atoms with Crippen LogP contribution in [0.3, 0.4) is 0 Å². The van der Waals surface area contributed by atoms with Crippen molar-refractivity contribution in [3.63, 3.8) is 0 Å². The van der Waals surface area contributed by atoms with Gasteiger partial charge >= 0.3 is 6.61 Å². The number of rotatable bonds is 5. The molecule has 0 fully saturated rings. The van der Waals surface area contributed by atoms with E-state index in [4.69, 9.17) is 0 Å². The Morgan fingerprint density at radius 1 is 1.05 bits per heavy atom. The average Bonchev–Trinajstić information content (AvgIpc) is 2.39. The van der Waals surface area contributed by atoms with E-state index in [1.165, 1.54) is 17.7 Å². The Labute approximate surface area is 117 Å². The number of hydrogen-bond donors (Lipinski definition) is 0. The molecule has 0 saturated heterocycles. The van der Waals surface area contributed by atoms with Crippen molar-refractivity contribution in [3.05, 3.63) is 48.2 Å². The zero-order valence-corrected chi connectivity index (χ0v) is 11.5. The van der Waals surface area contributed by atoms with E-state index in [2.05, 4.69) is 23.6 Å². The van der Waals surface area contributed by atoms with Crippen molar-refractivity contribution in [1.82, 2.24) is 4.98 Å². The Morgan fingerprint density at radius 3 is 2.25 bits per heavy atom. The van der Waals surface area contributed by atoms with Gasteiger partial charge in [0.05, 0.1) is 5.69 Å². The molecule has 0 atom stereocenters. The van der Waals surface area contributed by atoms with Crippen molar-refractivity contribution < 1.29 is 13.5 Å². The summed E-state index contributed by atoms with van der Waals surface area (Å²) < 4.78 is 28.4. The van der Waals surface area contributed by atoms with Crippen LogP contribution in [0.15, 0.2) is 42.6 Å². The second-order valence-corrected chi connectivity index (χ2v) is 5.05. The minimum Gasteiger partial charge on any atom is -0.435 e. The molecule has 2 nitrogen and oxygen atoms in total. The number of benzene rings is 1. The summed E-state index contributed by atoms with van der Waals surface area (Å²) in [7, 11) is 0. The minimum absolute atomic E-state index is 0.153. The maximum atomic E-state index is 12.1. The van der Waals surface area contributed by atoms with Gasteiger partial charge in [-0.15, -0.1) is 0 Å². The average molecular weight is 277 g/mol. The molecule has 0 radical (unpaired) electrons. The van der Waals surface area contributed by atoms with Crippen LogP contribution in [0.25, 0.3) is 11.3 Å². The third-order valence-corrected chi connectivity index (χ3v) is 2.84. The molecular formula is C16H17F2NO. The molecule has 4 heteroatoms. The lowest BCUT2D eigenvalue weighted by Gasteiger charge is -2.07. The molecule has 1 aromatic carbocycles. The van der Waals surface area contributed by atoms with Crippen molar-refractivity contribution in [2.24, 2.45) is 5.92 Å². The van der Waals surface area contributed by atoms with Gasteiger partial charge in [0, 0.05) is 11.8 Å². The van der Waals surface area contributed by atoms with E-state index in [9.17, 15) is 8.78 Å².